The second-order valence-electron chi connectivity index (χ2n) is 10.8. The number of benzene rings is 2. The number of hydrogen-bond donors (Lipinski definition) is 14. The minimum absolute atomic E-state index is 0.0916. The van der Waals surface area contributed by atoms with Crippen molar-refractivity contribution in [3.63, 3.8) is 0 Å². The monoisotopic (exact) mass is 691 g/mol. The summed E-state index contributed by atoms with van der Waals surface area (Å²) >= 11 is 0. The molecular weight excluding hydrogens is 661 g/mol. The number of carbonyl (C=O) groups is 3. The normalized spacial score (nSPS) is 21.3. The summed E-state index contributed by atoms with van der Waals surface area (Å²) in [5.41, 5.74) is -5.07. The first-order chi connectivity index (χ1) is 21.8. The van der Waals surface area contributed by atoms with Crippen molar-refractivity contribution in [2.45, 2.75) is 60.8 Å². The highest BCUT2D eigenvalue weighted by Gasteiger charge is 2.74. The van der Waals surface area contributed by atoms with E-state index in [1.54, 1.807) is 0 Å². The lowest BCUT2D eigenvalue weighted by Gasteiger charge is -2.55. The van der Waals surface area contributed by atoms with Gasteiger partial charge >= 0.3 is 23.8 Å². The predicted molar refractivity (Wildman–Crippen MR) is 142 cm³/mol. The molecule has 1 unspecified atom stereocenters. The van der Waals surface area contributed by atoms with Crippen molar-refractivity contribution in [3.8, 4) is 5.75 Å². The Kier molecular flexibility index (Phi) is 8.99. The third-order valence-corrected chi connectivity index (χ3v) is 7.77. The number of morpholine rings is 1. The molecule has 2 aromatic carbocycles. The minimum atomic E-state index is -4.43. The standard InChI is InChI=1S/C26H30FN3O18/c1-28-19(33)21(36,22(37,38)20(34,35)11-31)29-9-15-14(18(29)32)3-2-4-17(15)47-10-13-7-12(5-6-16(13)27)8-30-23(39,40)25(43,44)48-26(45,46)24(30,41)42/h2-7,11,34-46H,8-10H2,1H3,(H,28,33). The molecule has 22 heteroatoms. The summed E-state index contributed by atoms with van der Waals surface area (Å²) in [5.74, 6) is -29.6. The van der Waals surface area contributed by atoms with E-state index in [9.17, 15) is 85.2 Å². The van der Waals surface area contributed by atoms with Gasteiger partial charge in [0.2, 0.25) is 0 Å². The fourth-order valence-corrected chi connectivity index (χ4v) is 4.98. The van der Waals surface area contributed by atoms with Gasteiger partial charge in [0.15, 0.2) is 6.29 Å². The Balaban J connectivity index is 1.64. The van der Waals surface area contributed by atoms with Gasteiger partial charge in [0.05, 0.1) is 6.54 Å². The number of likely N-dealkylation sites (N-methyl/N-ethyl adjacent to an activating group) is 1. The van der Waals surface area contributed by atoms with Crippen molar-refractivity contribution in [2.75, 3.05) is 7.05 Å². The number of rotatable bonds is 10. The Morgan fingerprint density at radius 1 is 1.00 bits per heavy atom. The van der Waals surface area contributed by atoms with E-state index in [-0.39, 0.29) is 32.9 Å². The number of ether oxygens (including phenoxy) is 2. The first kappa shape index (κ1) is 37.0. The number of hydrogen-bond acceptors (Lipinski definition) is 19. The first-order valence-corrected chi connectivity index (χ1v) is 13.2. The lowest BCUT2D eigenvalue weighted by molar-refractivity contribution is -0.659. The molecule has 14 N–H and O–H groups in total. The summed E-state index contributed by atoms with van der Waals surface area (Å²) < 4.78 is 24.2. The van der Waals surface area contributed by atoms with Gasteiger partial charge in [-0.25, -0.2) is 4.39 Å². The average molecular weight is 692 g/mol. The molecule has 0 bridgehead atoms. The highest BCUT2D eigenvalue weighted by molar-refractivity contribution is 6.03. The molecule has 1 saturated heterocycles. The van der Waals surface area contributed by atoms with Gasteiger partial charge in [-0.15, -0.1) is 0 Å². The van der Waals surface area contributed by atoms with Crippen molar-refractivity contribution in [1.82, 2.24) is 15.1 Å². The van der Waals surface area contributed by atoms with Crippen LogP contribution in [-0.4, -0.2) is 142 Å². The van der Waals surface area contributed by atoms with Crippen LogP contribution in [0.15, 0.2) is 36.4 Å². The molecule has 1 fully saturated rings. The summed E-state index contributed by atoms with van der Waals surface area (Å²) in [6.07, 6.45) is -0.818. The number of nitrogens with one attached hydrogen (secondary N) is 1. The van der Waals surface area contributed by atoms with Crippen LogP contribution in [0.4, 0.5) is 4.39 Å². The van der Waals surface area contributed by atoms with Crippen molar-refractivity contribution < 1.29 is 94.6 Å². The van der Waals surface area contributed by atoms with Gasteiger partial charge in [-0.1, -0.05) is 12.1 Å². The molecule has 0 spiro atoms. The van der Waals surface area contributed by atoms with E-state index in [0.29, 0.717) is 0 Å². The maximum absolute atomic E-state index is 14.8. The predicted octanol–water partition coefficient (Wildman–Crippen LogP) is -7.26. The van der Waals surface area contributed by atoms with E-state index in [2.05, 4.69) is 4.74 Å². The van der Waals surface area contributed by atoms with Crippen LogP contribution in [0, 0.1) is 5.82 Å². The number of fused-ring (bicyclic) bond motifs is 1. The maximum Gasteiger partial charge on any atom is 0.356 e. The summed E-state index contributed by atoms with van der Waals surface area (Å²) in [5, 5.41) is 133. The molecule has 2 aliphatic heterocycles. The summed E-state index contributed by atoms with van der Waals surface area (Å²) in [4.78, 5) is 36.8. The van der Waals surface area contributed by atoms with Gasteiger partial charge < -0.3 is 76.4 Å². The van der Waals surface area contributed by atoms with Gasteiger partial charge in [-0.2, -0.15) is 4.90 Å². The molecule has 21 nitrogen and oxygen atoms in total. The molecule has 2 heterocycles. The Bertz CT molecular complexity index is 1600. The summed E-state index contributed by atoms with van der Waals surface area (Å²) in [6.45, 7) is -2.81. The van der Waals surface area contributed by atoms with Crippen LogP contribution in [0.3, 0.4) is 0 Å². The molecular formula is C26H30FN3O18. The molecule has 264 valence electrons. The zero-order chi connectivity index (χ0) is 36.5. The number of amides is 2. The van der Waals surface area contributed by atoms with Crippen molar-refractivity contribution in [3.05, 3.63) is 64.5 Å². The van der Waals surface area contributed by atoms with Crippen LogP contribution < -0.4 is 10.1 Å². The van der Waals surface area contributed by atoms with Crippen molar-refractivity contribution in [2.24, 2.45) is 0 Å². The minimum Gasteiger partial charge on any atom is -0.488 e. The second kappa shape index (κ2) is 11.7. The molecule has 0 saturated carbocycles. The summed E-state index contributed by atoms with van der Waals surface area (Å²) in [7, 11) is 0.876. The molecule has 1 atom stereocenters. The SMILES string of the molecule is CNC(=O)C(O)(N1Cc2c(OCc3cc(CN4C(O)(O)C(O)(O)OC(O)(O)C4(O)O)ccc3F)cccc2C1=O)C(O)(O)C(O)(O)C=O. The van der Waals surface area contributed by atoms with Crippen LogP contribution in [0.25, 0.3) is 0 Å². The van der Waals surface area contributed by atoms with E-state index < -0.39 is 89.6 Å². The largest absolute Gasteiger partial charge is 0.488 e. The van der Waals surface area contributed by atoms with Crippen molar-refractivity contribution >= 4 is 18.1 Å². The number of nitrogens with zero attached hydrogens (tertiary/aromatic N) is 2. The highest BCUT2D eigenvalue weighted by atomic mass is 19.1. The van der Waals surface area contributed by atoms with Gasteiger partial charge in [0.25, 0.3) is 29.1 Å². The van der Waals surface area contributed by atoms with Gasteiger partial charge in [-0.05, 0) is 29.8 Å². The Morgan fingerprint density at radius 3 is 2.12 bits per heavy atom. The van der Waals surface area contributed by atoms with E-state index >= 15 is 0 Å². The highest BCUT2D eigenvalue weighted by Crippen LogP contribution is 2.43. The quantitative estimate of drug-likeness (QED) is 0.0812. The Hall–Kier alpha value is -3.82. The van der Waals surface area contributed by atoms with Gasteiger partial charge in [0.1, 0.15) is 18.2 Å². The molecule has 0 aliphatic carbocycles. The molecule has 0 aromatic heterocycles. The topological polar surface area (TPSA) is 351 Å². The van der Waals surface area contributed by atoms with Crippen LogP contribution in [-0.2, 0) is 34.0 Å². The molecule has 48 heavy (non-hydrogen) atoms. The van der Waals surface area contributed by atoms with E-state index in [0.717, 1.165) is 31.3 Å². The third-order valence-electron chi connectivity index (χ3n) is 7.77. The fourth-order valence-electron chi connectivity index (χ4n) is 4.98. The average Bonchev–Trinajstić information content (AvgIpc) is 3.34. The van der Waals surface area contributed by atoms with Crippen LogP contribution >= 0.6 is 0 Å². The number of carbonyl (C=O) groups excluding carboxylic acids is 3. The Morgan fingerprint density at radius 2 is 1.58 bits per heavy atom. The maximum atomic E-state index is 14.8. The number of aldehydes is 1. The lowest BCUT2D eigenvalue weighted by atomic mass is 9.91. The summed E-state index contributed by atoms with van der Waals surface area (Å²) in [6, 6.07) is 6.19. The zero-order valence-electron chi connectivity index (χ0n) is 24.3. The van der Waals surface area contributed by atoms with Crippen molar-refractivity contribution in [1.29, 1.82) is 0 Å². The fraction of sp³-hybridized carbons (Fsp3) is 0.423. The third kappa shape index (κ3) is 5.39. The van der Waals surface area contributed by atoms with E-state index in [1.165, 1.54) is 12.1 Å². The number of halogens is 1. The number of aliphatic hydroxyl groups is 13. The first-order valence-electron chi connectivity index (χ1n) is 13.2. The second-order valence-corrected chi connectivity index (χ2v) is 10.8. The van der Waals surface area contributed by atoms with E-state index in [1.807, 2.05) is 5.32 Å². The molecule has 2 amide bonds. The lowest BCUT2D eigenvalue weighted by Crippen LogP contribution is -2.83. The van der Waals surface area contributed by atoms with Crippen LogP contribution in [0.1, 0.15) is 27.0 Å². The van der Waals surface area contributed by atoms with Crippen LogP contribution in [0.2, 0.25) is 0 Å². The van der Waals surface area contributed by atoms with Gasteiger partial charge in [0, 0.05) is 30.3 Å². The van der Waals surface area contributed by atoms with Crippen LogP contribution in [0.5, 0.6) is 5.75 Å². The molecule has 0 radical (unpaired) electrons. The van der Waals surface area contributed by atoms with Gasteiger partial charge in [-0.3, -0.25) is 24.0 Å². The Labute approximate surface area is 266 Å². The zero-order valence-corrected chi connectivity index (χ0v) is 24.3. The smallest absolute Gasteiger partial charge is 0.356 e. The molecule has 4 rings (SSSR count). The molecule has 2 aromatic rings. The molecule has 2 aliphatic rings. The van der Waals surface area contributed by atoms with E-state index in [4.69, 9.17) is 4.74 Å².